The minimum Gasteiger partial charge on any atom is -0.481 e. The Kier molecular flexibility index (Phi) is 11.8. The highest BCUT2D eigenvalue weighted by Gasteiger charge is 2.24. The van der Waals surface area contributed by atoms with Crippen LogP contribution >= 0.6 is 0 Å². The Labute approximate surface area is 190 Å². The number of carboxylic acids is 3. The summed E-state index contributed by atoms with van der Waals surface area (Å²) in [5.41, 5.74) is 0.848. The third-order valence-corrected chi connectivity index (χ3v) is 4.61. The summed E-state index contributed by atoms with van der Waals surface area (Å²) in [6, 6.07) is 5.39. The van der Waals surface area contributed by atoms with Gasteiger partial charge in [0.25, 0.3) is 0 Å². The molecule has 1 rings (SSSR count). The van der Waals surface area contributed by atoms with E-state index < -0.39 is 48.5 Å². The lowest BCUT2D eigenvalue weighted by atomic mass is 10.1. The van der Waals surface area contributed by atoms with E-state index in [1.54, 1.807) is 7.05 Å². The van der Waals surface area contributed by atoms with E-state index in [1.165, 1.54) is 4.90 Å². The van der Waals surface area contributed by atoms with Gasteiger partial charge < -0.3 is 35.6 Å². The monoisotopic (exact) mass is 467 g/mol. The Morgan fingerprint density at radius 1 is 0.909 bits per heavy atom. The number of rotatable bonds is 14. The number of carboxylic acid groups (broad SMARTS) is 3. The van der Waals surface area contributed by atoms with E-state index >= 15 is 0 Å². The van der Waals surface area contributed by atoms with Crippen LogP contribution in [0.4, 0.5) is 9.59 Å². The number of nitrogens with zero attached hydrogens (tertiary/aromatic N) is 1. The van der Waals surface area contributed by atoms with Gasteiger partial charge in [0.1, 0.15) is 18.7 Å². The van der Waals surface area contributed by atoms with E-state index in [2.05, 4.69) is 10.6 Å². The Hall–Kier alpha value is -3.83. The molecule has 0 heterocycles. The summed E-state index contributed by atoms with van der Waals surface area (Å²) >= 11 is 0. The first-order valence-corrected chi connectivity index (χ1v) is 10.3. The molecule has 0 aliphatic rings. The summed E-state index contributed by atoms with van der Waals surface area (Å²) < 4.78 is 5.19. The van der Waals surface area contributed by atoms with Crippen molar-refractivity contribution >= 4 is 30.0 Å². The van der Waals surface area contributed by atoms with Crippen molar-refractivity contribution in [3.8, 4) is 0 Å². The maximum Gasteiger partial charge on any atom is 0.409 e. The van der Waals surface area contributed by atoms with E-state index in [9.17, 15) is 29.1 Å². The van der Waals surface area contributed by atoms with Crippen molar-refractivity contribution in [2.24, 2.45) is 0 Å². The minimum absolute atomic E-state index is 0.0442. The Morgan fingerprint density at radius 3 is 2.03 bits per heavy atom. The summed E-state index contributed by atoms with van der Waals surface area (Å²) in [4.78, 5) is 58.5. The predicted octanol–water partition coefficient (Wildman–Crippen LogP) is 1.50. The predicted molar refractivity (Wildman–Crippen MR) is 114 cm³/mol. The van der Waals surface area contributed by atoms with Gasteiger partial charge in [0, 0.05) is 20.0 Å². The molecule has 1 aromatic carbocycles. The highest BCUT2D eigenvalue weighted by molar-refractivity contribution is 5.86. The van der Waals surface area contributed by atoms with Gasteiger partial charge >= 0.3 is 30.0 Å². The first-order chi connectivity index (χ1) is 15.6. The number of benzene rings is 1. The lowest BCUT2D eigenvalue weighted by Gasteiger charge is -2.19. The van der Waals surface area contributed by atoms with E-state index in [1.807, 2.05) is 30.3 Å². The number of amides is 3. The highest BCUT2D eigenvalue weighted by Crippen LogP contribution is 2.06. The van der Waals surface area contributed by atoms with Gasteiger partial charge in [-0.3, -0.25) is 4.79 Å². The number of urea groups is 1. The molecule has 0 radical (unpaired) electrons. The Balaban J connectivity index is 2.39. The zero-order valence-electron chi connectivity index (χ0n) is 18.2. The summed E-state index contributed by atoms with van der Waals surface area (Å²) in [6.07, 6.45) is -0.492. The zero-order chi connectivity index (χ0) is 24.8. The van der Waals surface area contributed by atoms with Crippen LogP contribution in [0.15, 0.2) is 30.3 Å². The molecule has 12 nitrogen and oxygen atoms in total. The lowest BCUT2D eigenvalue weighted by molar-refractivity contribution is -0.140. The van der Waals surface area contributed by atoms with Gasteiger partial charge in [0.2, 0.25) is 0 Å². The molecule has 0 saturated heterocycles. The first-order valence-electron chi connectivity index (χ1n) is 10.3. The molecule has 12 heteroatoms. The fourth-order valence-corrected chi connectivity index (χ4v) is 2.76. The number of hydrogen-bond donors (Lipinski definition) is 5. The van der Waals surface area contributed by atoms with Gasteiger partial charge in [-0.25, -0.2) is 19.2 Å². The van der Waals surface area contributed by atoms with Gasteiger partial charge in [0.15, 0.2) is 0 Å². The van der Waals surface area contributed by atoms with E-state index in [4.69, 9.17) is 14.9 Å². The second-order valence-electron chi connectivity index (χ2n) is 7.29. The fourth-order valence-electron chi connectivity index (χ4n) is 2.76. The van der Waals surface area contributed by atoms with E-state index in [0.29, 0.717) is 19.4 Å². The van der Waals surface area contributed by atoms with Crippen LogP contribution in [0, 0.1) is 0 Å². The third kappa shape index (κ3) is 11.4. The average Bonchev–Trinajstić information content (AvgIpc) is 2.76. The summed E-state index contributed by atoms with van der Waals surface area (Å²) in [7, 11) is 1.55. The minimum atomic E-state index is -1.47. The van der Waals surface area contributed by atoms with Crippen LogP contribution in [0.5, 0.6) is 0 Å². The normalized spacial score (nSPS) is 12.2. The molecule has 0 aliphatic heterocycles. The molecule has 5 N–H and O–H groups in total. The van der Waals surface area contributed by atoms with Crippen molar-refractivity contribution in [3.63, 3.8) is 0 Å². The number of aliphatic carboxylic acids is 3. The van der Waals surface area contributed by atoms with Crippen LogP contribution in [0.3, 0.4) is 0 Å². The Morgan fingerprint density at radius 2 is 1.48 bits per heavy atom. The van der Waals surface area contributed by atoms with Crippen molar-refractivity contribution in [2.75, 3.05) is 13.6 Å². The number of hydrogen-bond acceptors (Lipinski definition) is 6. The fraction of sp³-hybridized carbons (Fsp3) is 0.476. The average molecular weight is 467 g/mol. The molecule has 0 bridgehead atoms. The molecule has 33 heavy (non-hydrogen) atoms. The third-order valence-electron chi connectivity index (χ3n) is 4.61. The molecule has 0 fully saturated rings. The van der Waals surface area contributed by atoms with E-state index in [-0.39, 0.29) is 19.4 Å². The van der Waals surface area contributed by atoms with Crippen molar-refractivity contribution in [3.05, 3.63) is 35.9 Å². The van der Waals surface area contributed by atoms with Crippen LogP contribution in [-0.4, -0.2) is 75.9 Å². The summed E-state index contributed by atoms with van der Waals surface area (Å²) in [5.74, 6) is -3.96. The number of nitrogens with one attached hydrogen (secondary N) is 2. The van der Waals surface area contributed by atoms with Crippen molar-refractivity contribution in [1.29, 1.82) is 0 Å². The van der Waals surface area contributed by atoms with Crippen molar-refractivity contribution in [2.45, 2.75) is 50.8 Å². The van der Waals surface area contributed by atoms with Crippen LogP contribution in [0.2, 0.25) is 0 Å². The molecule has 0 saturated carbocycles. The highest BCUT2D eigenvalue weighted by atomic mass is 16.6. The largest absolute Gasteiger partial charge is 0.481 e. The van der Waals surface area contributed by atoms with Crippen LogP contribution in [0.1, 0.15) is 37.7 Å². The number of ether oxygens (including phenoxy) is 1. The molecule has 2 atom stereocenters. The summed E-state index contributed by atoms with van der Waals surface area (Å²) in [5, 5.41) is 31.2. The van der Waals surface area contributed by atoms with E-state index in [0.717, 1.165) is 5.56 Å². The van der Waals surface area contributed by atoms with Crippen LogP contribution in [-0.2, 0) is 25.7 Å². The molecule has 0 aliphatic carbocycles. The molecule has 0 spiro atoms. The molecular formula is C21H29N3O9. The van der Waals surface area contributed by atoms with Gasteiger partial charge in [-0.1, -0.05) is 30.3 Å². The van der Waals surface area contributed by atoms with Crippen molar-refractivity contribution < 1.29 is 44.0 Å². The number of carbonyl (C=O) groups excluding carboxylic acids is 2. The Bertz CT molecular complexity index is 816. The number of carbonyl (C=O) groups is 5. The zero-order valence-corrected chi connectivity index (χ0v) is 18.2. The van der Waals surface area contributed by atoms with Gasteiger partial charge in [-0.05, 0) is 31.2 Å². The molecule has 1 unspecified atom stereocenters. The lowest BCUT2D eigenvalue weighted by Crippen LogP contribution is -2.51. The maximum absolute atomic E-state index is 12.0. The molecule has 1 aromatic rings. The molecule has 0 aromatic heterocycles. The molecule has 182 valence electrons. The maximum atomic E-state index is 12.0. The van der Waals surface area contributed by atoms with Crippen LogP contribution in [0.25, 0.3) is 0 Å². The van der Waals surface area contributed by atoms with Crippen LogP contribution < -0.4 is 10.6 Å². The summed E-state index contributed by atoms with van der Waals surface area (Å²) in [6.45, 7) is 0.441. The first kappa shape index (κ1) is 27.2. The van der Waals surface area contributed by atoms with Crippen molar-refractivity contribution in [1.82, 2.24) is 15.5 Å². The van der Waals surface area contributed by atoms with Gasteiger partial charge in [0.05, 0.1) is 0 Å². The topological polar surface area (TPSA) is 183 Å². The molecule has 3 amide bonds. The quantitative estimate of drug-likeness (QED) is 0.253. The standard InChI is InChI=1S/C21H29N3O9/c1-24(21(32)33-13-14-7-3-2-4-8-14)12-6-5-9-15(18(27)28)22-20(31)23-16(19(29)30)10-11-17(25)26/h2-4,7-8,15-16H,5-6,9-13H2,1H3,(H,25,26)(H,27,28)(H,29,30)(H2,22,23,31)/t15?,16-/m0/s1. The van der Waals surface area contributed by atoms with Gasteiger partial charge in [-0.15, -0.1) is 0 Å². The van der Waals surface area contributed by atoms with Gasteiger partial charge in [-0.2, -0.15) is 0 Å². The smallest absolute Gasteiger partial charge is 0.409 e. The molecular weight excluding hydrogens is 438 g/mol. The number of unbranched alkanes of at least 4 members (excludes halogenated alkanes) is 1. The second-order valence-corrected chi connectivity index (χ2v) is 7.29. The SMILES string of the molecule is CN(CCCCC(NC(=O)N[C@@H](CCC(=O)O)C(=O)O)C(=O)O)C(=O)OCc1ccccc1. The second kappa shape index (κ2) is 14.3.